The van der Waals surface area contributed by atoms with Gasteiger partial charge in [-0.1, -0.05) is 0 Å². The number of nitrogens with zero attached hydrogens (tertiary/aromatic N) is 6. The normalized spacial score (nSPS) is 23.8. The van der Waals surface area contributed by atoms with E-state index in [4.69, 9.17) is 4.74 Å². The first-order valence-corrected chi connectivity index (χ1v) is 9.63. The minimum atomic E-state index is 0.235. The molecule has 0 atom stereocenters. The van der Waals surface area contributed by atoms with Gasteiger partial charge in [0.1, 0.15) is 0 Å². The van der Waals surface area contributed by atoms with Gasteiger partial charge in [-0.05, 0) is 6.07 Å². The number of hydrogen-bond donors (Lipinski definition) is 0. The topological polar surface area (TPSA) is 65.0 Å². The second kappa shape index (κ2) is 8.28. The molecular weight excluding hydrogens is 332 g/mol. The van der Waals surface area contributed by atoms with E-state index in [-0.39, 0.29) is 5.91 Å². The highest BCUT2D eigenvalue weighted by molar-refractivity contribution is 5.76. The average molecular weight is 360 g/mol. The van der Waals surface area contributed by atoms with Crippen LogP contribution in [0.2, 0.25) is 0 Å². The first-order valence-electron chi connectivity index (χ1n) is 9.63. The van der Waals surface area contributed by atoms with Crippen LogP contribution in [0, 0.1) is 0 Å². The summed E-state index contributed by atoms with van der Waals surface area (Å²) in [7, 11) is 0. The summed E-state index contributed by atoms with van der Waals surface area (Å²) in [4.78, 5) is 30.0. The van der Waals surface area contributed by atoms with E-state index >= 15 is 0 Å². The van der Waals surface area contributed by atoms with Crippen molar-refractivity contribution in [2.75, 3.05) is 77.0 Å². The SMILES string of the molecule is O=C1CCOCCN1CCN1CC(N2CCN(c3ncccn3)CC2)C1. The zero-order valence-corrected chi connectivity index (χ0v) is 15.3. The Labute approximate surface area is 154 Å². The van der Waals surface area contributed by atoms with Crippen LogP contribution in [0.1, 0.15) is 6.42 Å². The Morgan fingerprint density at radius 3 is 2.54 bits per heavy atom. The van der Waals surface area contributed by atoms with Crippen molar-refractivity contribution < 1.29 is 9.53 Å². The number of amides is 1. The van der Waals surface area contributed by atoms with Crippen molar-refractivity contribution in [1.29, 1.82) is 0 Å². The third-order valence-electron chi connectivity index (χ3n) is 5.61. The third kappa shape index (κ3) is 4.13. The zero-order chi connectivity index (χ0) is 17.8. The lowest BCUT2D eigenvalue weighted by molar-refractivity contribution is -0.130. The number of piperazine rings is 1. The van der Waals surface area contributed by atoms with Crippen LogP contribution >= 0.6 is 0 Å². The van der Waals surface area contributed by atoms with Gasteiger partial charge in [-0.2, -0.15) is 0 Å². The van der Waals surface area contributed by atoms with E-state index in [0.29, 0.717) is 25.7 Å². The molecule has 3 aliphatic heterocycles. The number of carbonyl (C=O) groups is 1. The molecule has 0 unspecified atom stereocenters. The van der Waals surface area contributed by atoms with Gasteiger partial charge in [0.05, 0.1) is 19.6 Å². The molecule has 8 heteroatoms. The van der Waals surface area contributed by atoms with Gasteiger partial charge in [0, 0.05) is 77.3 Å². The summed E-state index contributed by atoms with van der Waals surface area (Å²) in [5, 5.41) is 0. The summed E-state index contributed by atoms with van der Waals surface area (Å²) in [6.45, 7) is 10.1. The monoisotopic (exact) mass is 360 g/mol. The van der Waals surface area contributed by atoms with Crippen LogP contribution in [0.25, 0.3) is 0 Å². The molecule has 1 aromatic rings. The lowest BCUT2D eigenvalue weighted by Gasteiger charge is -2.48. The van der Waals surface area contributed by atoms with Crippen LogP contribution in [0.3, 0.4) is 0 Å². The number of rotatable bonds is 5. The van der Waals surface area contributed by atoms with E-state index in [0.717, 1.165) is 64.9 Å². The molecule has 3 fully saturated rings. The summed E-state index contributed by atoms with van der Waals surface area (Å²) in [6, 6.07) is 2.51. The lowest BCUT2D eigenvalue weighted by atomic mass is 10.1. The molecule has 0 bridgehead atoms. The molecule has 142 valence electrons. The van der Waals surface area contributed by atoms with E-state index in [1.807, 2.05) is 11.0 Å². The summed E-state index contributed by atoms with van der Waals surface area (Å²) in [5.74, 6) is 1.08. The highest BCUT2D eigenvalue weighted by Gasteiger charge is 2.34. The number of aromatic nitrogens is 2. The highest BCUT2D eigenvalue weighted by atomic mass is 16.5. The van der Waals surface area contributed by atoms with Gasteiger partial charge >= 0.3 is 0 Å². The first kappa shape index (κ1) is 17.6. The Morgan fingerprint density at radius 2 is 1.77 bits per heavy atom. The van der Waals surface area contributed by atoms with Crippen molar-refractivity contribution in [2.45, 2.75) is 12.5 Å². The maximum atomic E-state index is 12.0. The average Bonchev–Trinajstić information content (AvgIpc) is 2.86. The fraction of sp³-hybridized carbons (Fsp3) is 0.722. The molecular formula is C18H28N6O2. The van der Waals surface area contributed by atoms with Gasteiger partial charge in [-0.15, -0.1) is 0 Å². The second-order valence-corrected chi connectivity index (χ2v) is 7.23. The van der Waals surface area contributed by atoms with Crippen LogP contribution in [-0.4, -0.2) is 109 Å². The molecule has 0 N–H and O–H groups in total. The summed E-state index contributed by atoms with van der Waals surface area (Å²) in [5.41, 5.74) is 0. The van der Waals surface area contributed by atoms with Crippen LogP contribution in [-0.2, 0) is 9.53 Å². The standard InChI is InChI=1S/C18H28N6O2/c25-17-2-12-26-13-11-23(17)6-5-21-14-16(15-21)22-7-9-24(10-8-22)18-19-3-1-4-20-18/h1,3-4,16H,2,5-15H2. The number of ether oxygens (including phenoxy) is 1. The Morgan fingerprint density at radius 1 is 1.00 bits per heavy atom. The molecule has 1 amide bonds. The van der Waals surface area contributed by atoms with E-state index in [2.05, 4.69) is 24.7 Å². The molecule has 26 heavy (non-hydrogen) atoms. The largest absolute Gasteiger partial charge is 0.379 e. The molecule has 0 aromatic carbocycles. The molecule has 0 aliphatic carbocycles. The van der Waals surface area contributed by atoms with Crippen molar-refractivity contribution >= 4 is 11.9 Å². The van der Waals surface area contributed by atoms with Crippen LogP contribution < -0.4 is 4.90 Å². The van der Waals surface area contributed by atoms with Crippen LogP contribution in [0.4, 0.5) is 5.95 Å². The van der Waals surface area contributed by atoms with Crippen molar-refractivity contribution in [3.8, 4) is 0 Å². The smallest absolute Gasteiger partial charge is 0.225 e. The first-order chi connectivity index (χ1) is 12.8. The van der Waals surface area contributed by atoms with Gasteiger partial charge in [0.15, 0.2) is 0 Å². The lowest BCUT2D eigenvalue weighted by Crippen LogP contribution is -2.63. The van der Waals surface area contributed by atoms with Crippen LogP contribution in [0.15, 0.2) is 18.5 Å². The van der Waals surface area contributed by atoms with Crippen molar-refractivity contribution in [3.63, 3.8) is 0 Å². The molecule has 0 radical (unpaired) electrons. The Bertz CT molecular complexity index is 587. The predicted molar refractivity (Wildman–Crippen MR) is 98.1 cm³/mol. The number of hydrogen-bond acceptors (Lipinski definition) is 7. The maximum absolute atomic E-state index is 12.0. The van der Waals surface area contributed by atoms with Crippen molar-refractivity contribution in [1.82, 2.24) is 24.7 Å². The minimum absolute atomic E-state index is 0.235. The number of carbonyl (C=O) groups excluding carboxylic acids is 1. The quantitative estimate of drug-likeness (QED) is 0.703. The highest BCUT2D eigenvalue weighted by Crippen LogP contribution is 2.18. The Balaban J connectivity index is 1.16. The molecule has 3 saturated heterocycles. The fourth-order valence-electron chi connectivity index (χ4n) is 3.92. The molecule has 0 saturated carbocycles. The van der Waals surface area contributed by atoms with Gasteiger partial charge in [0.25, 0.3) is 0 Å². The minimum Gasteiger partial charge on any atom is -0.379 e. The van der Waals surface area contributed by atoms with Gasteiger partial charge in [-0.3, -0.25) is 14.6 Å². The van der Waals surface area contributed by atoms with E-state index in [9.17, 15) is 4.79 Å². The Hall–Kier alpha value is -1.77. The third-order valence-corrected chi connectivity index (χ3v) is 5.61. The molecule has 8 nitrogen and oxygen atoms in total. The van der Waals surface area contributed by atoms with Gasteiger partial charge in [0.2, 0.25) is 11.9 Å². The summed E-state index contributed by atoms with van der Waals surface area (Å²) >= 11 is 0. The summed E-state index contributed by atoms with van der Waals surface area (Å²) in [6.07, 6.45) is 4.14. The molecule has 1 aromatic heterocycles. The van der Waals surface area contributed by atoms with E-state index in [1.165, 1.54) is 0 Å². The fourth-order valence-corrected chi connectivity index (χ4v) is 3.92. The van der Waals surface area contributed by atoms with Crippen molar-refractivity contribution in [3.05, 3.63) is 18.5 Å². The van der Waals surface area contributed by atoms with Gasteiger partial charge in [-0.25, -0.2) is 9.97 Å². The molecule has 3 aliphatic rings. The molecule has 4 rings (SSSR count). The Kier molecular flexibility index (Phi) is 5.62. The second-order valence-electron chi connectivity index (χ2n) is 7.23. The van der Waals surface area contributed by atoms with Gasteiger partial charge < -0.3 is 14.5 Å². The maximum Gasteiger partial charge on any atom is 0.225 e. The molecule has 4 heterocycles. The van der Waals surface area contributed by atoms with E-state index < -0.39 is 0 Å². The van der Waals surface area contributed by atoms with Crippen molar-refractivity contribution in [2.24, 2.45) is 0 Å². The summed E-state index contributed by atoms with van der Waals surface area (Å²) < 4.78 is 5.38. The number of anilines is 1. The van der Waals surface area contributed by atoms with Crippen LogP contribution in [0.5, 0.6) is 0 Å². The van der Waals surface area contributed by atoms with E-state index in [1.54, 1.807) is 12.4 Å². The molecule has 0 spiro atoms. The number of likely N-dealkylation sites (tertiary alicyclic amines) is 1. The predicted octanol–water partition coefficient (Wildman–Crippen LogP) is -0.468. The zero-order valence-electron chi connectivity index (χ0n) is 15.3.